The Morgan fingerprint density at radius 3 is 2.90 bits per heavy atom. The molecule has 1 aromatic carbocycles. The van der Waals surface area contributed by atoms with Gasteiger partial charge in [-0.1, -0.05) is 18.2 Å². The van der Waals surface area contributed by atoms with Gasteiger partial charge in [-0.05, 0) is 25.1 Å². The molecule has 5 heteroatoms. The number of pyridine rings is 1. The predicted octanol–water partition coefficient (Wildman–Crippen LogP) is 2.33. The van der Waals surface area contributed by atoms with E-state index in [9.17, 15) is 4.79 Å². The lowest BCUT2D eigenvalue weighted by Crippen LogP contribution is -2.14. The number of para-hydroxylation sites is 1. The van der Waals surface area contributed by atoms with E-state index in [0.29, 0.717) is 31.0 Å². The normalized spacial score (nSPS) is 10.4. The van der Waals surface area contributed by atoms with Crippen LogP contribution >= 0.6 is 0 Å². The fraction of sp³-hybridized carbons (Fsp3) is 0.250. The number of aromatic nitrogens is 1. The lowest BCUT2D eigenvalue weighted by atomic mass is 10.1. The molecule has 0 saturated carbocycles. The number of amides is 1. The molecule has 5 nitrogen and oxygen atoms in total. The molecule has 0 aliphatic heterocycles. The van der Waals surface area contributed by atoms with Crippen LogP contribution in [0.1, 0.15) is 28.5 Å². The number of hydrogen-bond donors (Lipinski definition) is 2. The fourth-order valence-electron chi connectivity index (χ4n) is 1.91. The molecule has 110 valence electrons. The van der Waals surface area contributed by atoms with Gasteiger partial charge < -0.3 is 15.8 Å². The van der Waals surface area contributed by atoms with Crippen LogP contribution in [-0.4, -0.2) is 17.5 Å². The van der Waals surface area contributed by atoms with Gasteiger partial charge >= 0.3 is 0 Å². The van der Waals surface area contributed by atoms with Crippen molar-refractivity contribution in [2.45, 2.75) is 20.1 Å². The highest BCUT2D eigenvalue weighted by Crippen LogP contribution is 2.17. The third-order valence-corrected chi connectivity index (χ3v) is 3.02. The number of nitrogens with one attached hydrogen (secondary N) is 1. The average Bonchev–Trinajstić information content (AvgIpc) is 2.54. The van der Waals surface area contributed by atoms with E-state index in [1.165, 1.54) is 0 Å². The minimum Gasteiger partial charge on any atom is -0.377 e. The highest BCUT2D eigenvalue weighted by Gasteiger charge is 2.09. The van der Waals surface area contributed by atoms with Crippen LogP contribution in [0.4, 0.5) is 5.69 Å². The highest BCUT2D eigenvalue weighted by molar-refractivity contribution is 6.04. The number of anilines is 1. The largest absolute Gasteiger partial charge is 0.377 e. The molecular weight excluding hydrogens is 266 g/mol. The van der Waals surface area contributed by atoms with Gasteiger partial charge in [0.25, 0.3) is 5.91 Å². The molecule has 0 fully saturated rings. The first-order chi connectivity index (χ1) is 10.2. The molecule has 0 unspecified atom stereocenters. The van der Waals surface area contributed by atoms with Crippen LogP contribution in [0.2, 0.25) is 0 Å². The van der Waals surface area contributed by atoms with Crippen molar-refractivity contribution in [1.29, 1.82) is 0 Å². The van der Waals surface area contributed by atoms with Crippen LogP contribution in [0, 0.1) is 0 Å². The smallest absolute Gasteiger partial charge is 0.255 e. The summed E-state index contributed by atoms with van der Waals surface area (Å²) < 4.78 is 5.41. The summed E-state index contributed by atoms with van der Waals surface area (Å²) >= 11 is 0. The topological polar surface area (TPSA) is 77.2 Å². The van der Waals surface area contributed by atoms with Gasteiger partial charge in [-0.25, -0.2) is 0 Å². The van der Waals surface area contributed by atoms with Crippen molar-refractivity contribution in [3.63, 3.8) is 0 Å². The standard InChI is InChI=1S/C16H19N3O2/c1-2-21-11-13-5-3-4-6-15(13)19-16(20)12-7-8-18-14(9-12)10-17/h3-9H,2,10-11,17H2,1H3,(H,19,20). The van der Waals surface area contributed by atoms with Gasteiger partial charge in [-0.2, -0.15) is 0 Å². The third-order valence-electron chi connectivity index (χ3n) is 3.02. The van der Waals surface area contributed by atoms with Gasteiger partial charge in [0.2, 0.25) is 0 Å². The van der Waals surface area contributed by atoms with Gasteiger partial charge in [0.05, 0.1) is 12.3 Å². The Bertz CT molecular complexity index is 614. The number of hydrogen-bond acceptors (Lipinski definition) is 4. The van der Waals surface area contributed by atoms with Gasteiger partial charge in [0.1, 0.15) is 0 Å². The first-order valence-corrected chi connectivity index (χ1v) is 6.86. The lowest BCUT2D eigenvalue weighted by molar-refractivity contribution is 0.102. The number of benzene rings is 1. The van der Waals surface area contributed by atoms with Crippen molar-refractivity contribution in [1.82, 2.24) is 4.98 Å². The van der Waals surface area contributed by atoms with Crippen molar-refractivity contribution < 1.29 is 9.53 Å². The first kappa shape index (κ1) is 15.2. The minimum absolute atomic E-state index is 0.184. The van der Waals surface area contributed by atoms with Gasteiger partial charge in [0.15, 0.2) is 0 Å². The van der Waals surface area contributed by atoms with E-state index in [1.54, 1.807) is 18.3 Å². The second-order valence-electron chi connectivity index (χ2n) is 4.49. The van der Waals surface area contributed by atoms with E-state index < -0.39 is 0 Å². The molecule has 1 aromatic heterocycles. The summed E-state index contributed by atoms with van der Waals surface area (Å²) in [4.78, 5) is 16.4. The highest BCUT2D eigenvalue weighted by atomic mass is 16.5. The van der Waals surface area contributed by atoms with Crippen LogP contribution in [0.25, 0.3) is 0 Å². The molecule has 2 rings (SSSR count). The van der Waals surface area contributed by atoms with Crippen molar-refractivity contribution in [3.05, 3.63) is 59.4 Å². The van der Waals surface area contributed by atoms with E-state index in [2.05, 4.69) is 10.3 Å². The Hall–Kier alpha value is -2.24. The van der Waals surface area contributed by atoms with Crippen molar-refractivity contribution in [2.75, 3.05) is 11.9 Å². The van der Waals surface area contributed by atoms with Gasteiger partial charge in [-0.15, -0.1) is 0 Å². The summed E-state index contributed by atoms with van der Waals surface area (Å²) in [7, 11) is 0. The van der Waals surface area contributed by atoms with Crippen molar-refractivity contribution in [3.8, 4) is 0 Å². The van der Waals surface area contributed by atoms with E-state index in [1.807, 2.05) is 31.2 Å². The Balaban J connectivity index is 2.15. The predicted molar refractivity (Wildman–Crippen MR) is 81.9 cm³/mol. The summed E-state index contributed by atoms with van der Waals surface area (Å²) in [6, 6.07) is 11.0. The molecular formula is C16H19N3O2. The third kappa shape index (κ3) is 4.11. The summed E-state index contributed by atoms with van der Waals surface area (Å²) in [5, 5.41) is 2.90. The Kier molecular flexibility index (Phi) is 5.43. The number of ether oxygens (including phenoxy) is 1. The maximum Gasteiger partial charge on any atom is 0.255 e. The van der Waals surface area contributed by atoms with Gasteiger partial charge in [-0.3, -0.25) is 9.78 Å². The molecule has 0 radical (unpaired) electrons. The van der Waals surface area contributed by atoms with E-state index in [-0.39, 0.29) is 5.91 Å². The monoisotopic (exact) mass is 285 g/mol. The fourth-order valence-corrected chi connectivity index (χ4v) is 1.91. The van der Waals surface area contributed by atoms with E-state index in [4.69, 9.17) is 10.5 Å². The maximum atomic E-state index is 12.3. The quantitative estimate of drug-likeness (QED) is 0.854. The zero-order chi connectivity index (χ0) is 15.1. The first-order valence-electron chi connectivity index (χ1n) is 6.86. The molecule has 2 aromatic rings. The van der Waals surface area contributed by atoms with Crippen LogP contribution in [0.15, 0.2) is 42.6 Å². The van der Waals surface area contributed by atoms with Crippen molar-refractivity contribution in [2.24, 2.45) is 5.73 Å². The Morgan fingerprint density at radius 1 is 1.33 bits per heavy atom. The molecule has 0 saturated heterocycles. The number of carbonyl (C=O) groups is 1. The summed E-state index contributed by atoms with van der Waals surface area (Å²) in [5.74, 6) is -0.184. The molecule has 0 bridgehead atoms. The van der Waals surface area contributed by atoms with Crippen LogP contribution in [0.5, 0.6) is 0 Å². The van der Waals surface area contributed by atoms with Crippen LogP contribution in [-0.2, 0) is 17.9 Å². The molecule has 21 heavy (non-hydrogen) atoms. The molecule has 0 atom stereocenters. The summed E-state index contributed by atoms with van der Waals surface area (Å²) in [5.41, 5.74) is 8.46. The zero-order valence-corrected chi connectivity index (χ0v) is 12.0. The second kappa shape index (κ2) is 7.52. The Labute approximate surface area is 124 Å². The lowest BCUT2D eigenvalue weighted by Gasteiger charge is -2.11. The number of carbonyl (C=O) groups excluding carboxylic acids is 1. The minimum atomic E-state index is -0.184. The van der Waals surface area contributed by atoms with Crippen LogP contribution in [0.3, 0.4) is 0 Å². The second-order valence-corrected chi connectivity index (χ2v) is 4.49. The van der Waals surface area contributed by atoms with E-state index >= 15 is 0 Å². The molecule has 0 aliphatic rings. The molecule has 1 amide bonds. The van der Waals surface area contributed by atoms with Crippen molar-refractivity contribution >= 4 is 11.6 Å². The SMILES string of the molecule is CCOCc1ccccc1NC(=O)c1ccnc(CN)c1. The molecule has 0 aliphatic carbocycles. The number of rotatable bonds is 6. The van der Waals surface area contributed by atoms with Gasteiger partial charge in [0, 0.05) is 36.2 Å². The maximum absolute atomic E-state index is 12.3. The van der Waals surface area contributed by atoms with E-state index in [0.717, 1.165) is 11.3 Å². The average molecular weight is 285 g/mol. The summed E-state index contributed by atoms with van der Waals surface area (Å²) in [6.07, 6.45) is 1.59. The number of nitrogens with zero attached hydrogens (tertiary/aromatic N) is 1. The summed E-state index contributed by atoms with van der Waals surface area (Å²) in [6.45, 7) is 3.35. The molecule has 0 spiro atoms. The zero-order valence-electron chi connectivity index (χ0n) is 12.0. The Morgan fingerprint density at radius 2 is 2.14 bits per heavy atom. The molecule has 3 N–H and O–H groups in total. The number of nitrogens with two attached hydrogens (primary N) is 1. The molecule has 1 heterocycles. The van der Waals surface area contributed by atoms with Crippen LogP contribution < -0.4 is 11.1 Å².